The maximum atomic E-state index is 6.51. The molecule has 1 aliphatic heterocycles. The summed E-state index contributed by atoms with van der Waals surface area (Å²) in [6.45, 7) is 19.6. The minimum Gasteiger partial charge on any atom is -0.0654 e. The van der Waals surface area contributed by atoms with E-state index in [4.69, 9.17) is 16.5 Å². The van der Waals surface area contributed by atoms with Crippen LogP contribution in [0.4, 0.5) is 0 Å². The summed E-state index contributed by atoms with van der Waals surface area (Å²) < 4.78 is 24.9. The molecule has 0 saturated carbocycles. The predicted molar refractivity (Wildman–Crippen MR) is 424 cm³/mol. The smallest absolute Gasteiger partial charge is 0.0654 e. The van der Waals surface area contributed by atoms with Crippen molar-refractivity contribution in [2.24, 2.45) is 0 Å². The summed E-state index contributed by atoms with van der Waals surface area (Å²) in [4.78, 5) is 0. The van der Waals surface area contributed by atoms with Gasteiger partial charge in [0.25, 0.3) is 0 Å². The summed E-state index contributed by atoms with van der Waals surface area (Å²) in [5, 5.41) is 0. The van der Waals surface area contributed by atoms with Crippen molar-refractivity contribution in [2.75, 3.05) is 13.2 Å². The molecular weight excluding hydrogens is 1400 g/mol. The summed E-state index contributed by atoms with van der Waals surface area (Å²) >= 11 is -0.976. The van der Waals surface area contributed by atoms with Crippen LogP contribution >= 0.6 is 0 Å². The second kappa shape index (κ2) is 40.7. The van der Waals surface area contributed by atoms with Gasteiger partial charge >= 0.3 is 185 Å². The number of fused-ring (bicyclic) bond motifs is 6. The zero-order valence-electron chi connectivity index (χ0n) is 63.8. The van der Waals surface area contributed by atoms with Gasteiger partial charge in [-0.3, -0.25) is 0 Å². The molecule has 7 aromatic rings. The van der Waals surface area contributed by atoms with Crippen molar-refractivity contribution in [3.8, 4) is 67.1 Å². The van der Waals surface area contributed by atoms with Gasteiger partial charge in [0, 0.05) is 5.41 Å². The Labute approximate surface area is 618 Å². The van der Waals surface area contributed by atoms with Crippen LogP contribution < -0.4 is 9.47 Å². The minimum atomic E-state index is -0.976. The van der Waals surface area contributed by atoms with E-state index < -0.39 is 18.4 Å². The molecule has 0 spiro atoms. The first-order valence-electron chi connectivity index (χ1n) is 41.2. The van der Waals surface area contributed by atoms with Crippen LogP contribution in [0.25, 0.3) is 55.6 Å². The molecular formula is C95H130IrO4. The van der Waals surface area contributed by atoms with Gasteiger partial charge in [0.2, 0.25) is 0 Å². The second-order valence-corrected chi connectivity index (χ2v) is 32.5. The molecule has 0 radical (unpaired) electrons. The van der Waals surface area contributed by atoms with Crippen LogP contribution in [-0.2, 0) is 49.1 Å². The van der Waals surface area contributed by atoms with E-state index in [-0.39, 0.29) is 23.0 Å². The molecule has 1 fully saturated rings. The van der Waals surface area contributed by atoms with Crippen molar-refractivity contribution >= 4 is 0 Å². The van der Waals surface area contributed by atoms with E-state index in [1.165, 1.54) is 298 Å². The molecule has 0 bridgehead atoms. The Morgan fingerprint density at radius 2 is 0.620 bits per heavy atom. The number of benzene rings is 7. The zero-order valence-corrected chi connectivity index (χ0v) is 66.2. The number of ether oxygens (including phenoxy) is 2. The number of hydrogen-bond donors (Lipinski definition) is 0. The van der Waals surface area contributed by atoms with E-state index in [9.17, 15) is 0 Å². The van der Waals surface area contributed by atoms with Crippen molar-refractivity contribution in [2.45, 2.75) is 329 Å². The van der Waals surface area contributed by atoms with Gasteiger partial charge < -0.3 is 0 Å². The molecule has 4 nitrogen and oxygen atoms in total. The van der Waals surface area contributed by atoms with Gasteiger partial charge in [-0.25, -0.2) is 0 Å². The molecule has 1 saturated heterocycles. The van der Waals surface area contributed by atoms with Crippen LogP contribution in [-0.4, -0.2) is 25.4 Å². The molecule has 2 atom stereocenters. The molecule has 3 aliphatic rings. The Balaban J connectivity index is 1.02. The van der Waals surface area contributed by atoms with E-state index in [0.717, 1.165) is 30.8 Å². The number of unbranched alkanes of at least 4 members (excludes halogenated alkanes) is 26. The van der Waals surface area contributed by atoms with Crippen LogP contribution in [0.2, 0.25) is 0 Å². The van der Waals surface area contributed by atoms with Crippen molar-refractivity contribution in [1.29, 1.82) is 0 Å². The maximum absolute atomic E-state index is 6.51. The second-order valence-electron chi connectivity index (χ2n) is 31.0. The van der Waals surface area contributed by atoms with Crippen molar-refractivity contribution in [3.05, 3.63) is 178 Å². The van der Waals surface area contributed by atoms with Crippen molar-refractivity contribution in [1.82, 2.24) is 0 Å². The third kappa shape index (κ3) is 20.6. The summed E-state index contributed by atoms with van der Waals surface area (Å²) in [6, 6.07) is 53.6. The summed E-state index contributed by atoms with van der Waals surface area (Å²) in [5.74, 6) is 1.76. The zero-order chi connectivity index (χ0) is 69.8. The van der Waals surface area contributed by atoms with Crippen LogP contribution in [0.1, 0.15) is 324 Å². The normalized spacial score (nSPS) is 15.7. The topological polar surface area (TPSA) is 36.9 Å². The Hall–Kier alpha value is -5.29. The van der Waals surface area contributed by atoms with E-state index >= 15 is 0 Å². The van der Waals surface area contributed by atoms with Gasteiger partial charge in [-0.05, 0) is 137 Å². The van der Waals surface area contributed by atoms with Gasteiger partial charge in [-0.2, -0.15) is 0 Å². The number of aryl methyl sites for hydroxylation is 4. The minimum absolute atomic E-state index is 0.00568. The quantitative estimate of drug-likeness (QED) is 0.0356. The van der Waals surface area contributed by atoms with E-state index in [1.807, 2.05) is 12.1 Å². The molecule has 5 heteroatoms. The first-order valence-corrected chi connectivity index (χ1v) is 43.2. The molecule has 0 amide bonds. The van der Waals surface area contributed by atoms with E-state index in [2.05, 4.69) is 177 Å². The Morgan fingerprint density at radius 1 is 0.310 bits per heavy atom. The number of rotatable bonds is 47. The number of hydrogen-bond acceptors (Lipinski definition) is 4. The summed E-state index contributed by atoms with van der Waals surface area (Å²) in [5.41, 5.74) is 26.4. The third-order valence-electron chi connectivity index (χ3n) is 23.1. The Morgan fingerprint density at radius 3 is 1.02 bits per heavy atom. The Bertz CT molecular complexity index is 3530. The average Bonchev–Trinajstić information content (AvgIpc) is 1.58. The fraction of sp³-hybridized carbons (Fsp3) is 0.558. The van der Waals surface area contributed by atoms with Gasteiger partial charge in [0.05, 0.1) is 0 Å². The molecule has 7 aromatic carbocycles. The summed E-state index contributed by atoms with van der Waals surface area (Å²) in [7, 11) is 0. The predicted octanol–water partition coefficient (Wildman–Crippen LogP) is 28.6. The summed E-state index contributed by atoms with van der Waals surface area (Å²) in [6.07, 6.45) is 49.6. The van der Waals surface area contributed by atoms with Crippen LogP contribution in [0.15, 0.2) is 133 Å². The van der Waals surface area contributed by atoms with Crippen LogP contribution in [0.3, 0.4) is 0 Å². The van der Waals surface area contributed by atoms with Crippen molar-refractivity contribution in [3.63, 3.8) is 0 Å². The monoisotopic (exact) mass is 1530 g/mol. The molecule has 100 heavy (non-hydrogen) atoms. The average molecular weight is 1530 g/mol. The standard InChI is InChI=1S/C95H130O4.Ir/c1-9-15-21-27-31-37-59-94(60-38-32-28-22-16-10-2)90-63-73(8)45-55-84(90)86-57-49-78(67-92(86)94)88-64-77(42-36-26-20-14-6)89(65-76(88)41-35-25-19-13-5)79-50-58-87-85-56-48-75(66-91(85)95(93(87)68-79,61-39-33-29-23-17-11-3)62-40-34-30-24-18-12-4)74-46-53-83(54-47-74)99-71-81(97)69-80(96)70-98-82-51-43-72(7)44-52-82;/h43-58,63-68,80-81H,9-42,59-62,69-71H2,1-8H3;/q-2;+2. The molecule has 0 N–H and O–H groups in total. The Kier molecular flexibility index (Phi) is 31.5. The van der Waals surface area contributed by atoms with Gasteiger partial charge in [0.1, 0.15) is 0 Å². The first kappa shape index (κ1) is 77.3. The van der Waals surface area contributed by atoms with Gasteiger partial charge in [0.15, 0.2) is 0 Å². The van der Waals surface area contributed by atoms with Crippen molar-refractivity contribution < 1.29 is 34.9 Å². The molecule has 543 valence electrons. The molecule has 2 unspecified atom stereocenters. The molecule has 2 aliphatic carbocycles. The van der Waals surface area contributed by atoms with Gasteiger partial charge in [-0.15, -0.1) is 0 Å². The third-order valence-corrected chi connectivity index (χ3v) is 25.2. The van der Waals surface area contributed by atoms with Crippen LogP contribution in [0.5, 0.6) is 11.5 Å². The van der Waals surface area contributed by atoms with E-state index in [1.54, 1.807) is 33.4 Å². The van der Waals surface area contributed by atoms with E-state index in [0.29, 0.717) is 13.2 Å². The molecule has 0 aromatic heterocycles. The first-order chi connectivity index (χ1) is 49.1. The molecule has 1 heterocycles. The fourth-order valence-electron chi connectivity index (χ4n) is 17.3. The SMILES string of the molecule is CCCCCCCCC1(CCCCCCCC)c2cc(C)ccc2-c2ccc(-c3cc(CCCCCC)c(-c4ccc5c(c4)C(CCCCCCCC)(CCCCCCCC)c4cc(-c6ccc(OCC7CC(COc8ccc(C)cc8)[O][Ir][O]7)cc6)ccc4-5)cc3CCCCCC)cc21. The molecule has 10 rings (SSSR count). The fourth-order valence-corrected chi connectivity index (χ4v) is 18.9. The van der Waals surface area contributed by atoms with Gasteiger partial charge in [-0.1, -0.05) is 294 Å². The van der Waals surface area contributed by atoms with Crippen LogP contribution in [0, 0.1) is 13.8 Å².